The van der Waals surface area contributed by atoms with Crippen LogP contribution in [0.1, 0.15) is 5.56 Å². The monoisotopic (exact) mass is 149 g/mol. The summed E-state index contributed by atoms with van der Waals surface area (Å²) in [6.07, 6.45) is 0. The van der Waals surface area contributed by atoms with Crippen LogP contribution < -0.4 is 0 Å². The largest absolute Gasteiger partial charge is 0.304 e. The first-order valence-electron chi connectivity index (χ1n) is 3.17. The number of rotatable bonds is 0. The van der Waals surface area contributed by atoms with Gasteiger partial charge in [0.05, 0.1) is 0 Å². The van der Waals surface area contributed by atoms with Gasteiger partial charge in [0.1, 0.15) is 0 Å². The third-order valence-corrected chi connectivity index (χ3v) is 2.68. The van der Waals surface area contributed by atoms with E-state index in [9.17, 15) is 0 Å². The van der Waals surface area contributed by atoms with E-state index in [1.807, 2.05) is 18.2 Å². The SMILES string of the molecule is N=C1CSc2ccccc21. The molecular formula is C8H7NS. The van der Waals surface area contributed by atoms with Gasteiger partial charge in [-0.2, -0.15) is 0 Å². The van der Waals surface area contributed by atoms with Gasteiger partial charge in [-0.15, -0.1) is 11.8 Å². The summed E-state index contributed by atoms with van der Waals surface area (Å²) in [5.41, 5.74) is 1.88. The van der Waals surface area contributed by atoms with E-state index < -0.39 is 0 Å². The molecule has 0 aliphatic carbocycles. The molecule has 0 aromatic heterocycles. The van der Waals surface area contributed by atoms with E-state index in [0.29, 0.717) is 0 Å². The summed E-state index contributed by atoms with van der Waals surface area (Å²) in [4.78, 5) is 1.26. The van der Waals surface area contributed by atoms with Crippen LogP contribution in [0.25, 0.3) is 0 Å². The predicted molar refractivity (Wildman–Crippen MR) is 44.0 cm³/mol. The third kappa shape index (κ3) is 0.762. The van der Waals surface area contributed by atoms with Crippen LogP contribution in [0.4, 0.5) is 0 Å². The highest BCUT2D eigenvalue weighted by Gasteiger charge is 2.14. The van der Waals surface area contributed by atoms with Crippen LogP contribution in [0.15, 0.2) is 29.2 Å². The maximum atomic E-state index is 7.51. The average Bonchev–Trinajstić information content (AvgIpc) is 2.34. The highest BCUT2D eigenvalue weighted by atomic mass is 32.2. The van der Waals surface area contributed by atoms with Crippen molar-refractivity contribution in [3.63, 3.8) is 0 Å². The number of thioether (sulfide) groups is 1. The van der Waals surface area contributed by atoms with E-state index in [2.05, 4.69) is 6.07 Å². The molecule has 0 radical (unpaired) electrons. The first kappa shape index (κ1) is 5.98. The zero-order chi connectivity index (χ0) is 6.97. The molecule has 0 saturated heterocycles. The van der Waals surface area contributed by atoms with E-state index in [1.165, 1.54) is 4.90 Å². The molecule has 2 heteroatoms. The molecule has 1 aliphatic heterocycles. The molecule has 0 saturated carbocycles. The zero-order valence-corrected chi connectivity index (χ0v) is 6.24. The lowest BCUT2D eigenvalue weighted by atomic mass is 10.1. The maximum absolute atomic E-state index is 7.51. The molecule has 1 heterocycles. The summed E-state index contributed by atoms with van der Waals surface area (Å²) in [7, 11) is 0. The average molecular weight is 149 g/mol. The van der Waals surface area contributed by atoms with Gasteiger partial charge in [0.15, 0.2) is 0 Å². The Bertz CT molecular complexity index is 280. The smallest absolute Gasteiger partial charge is 0.0500 e. The minimum Gasteiger partial charge on any atom is -0.304 e. The van der Waals surface area contributed by atoms with Gasteiger partial charge in [-0.25, -0.2) is 0 Å². The van der Waals surface area contributed by atoms with Crippen LogP contribution in [-0.4, -0.2) is 11.5 Å². The summed E-state index contributed by atoms with van der Waals surface area (Å²) in [5.74, 6) is 0.847. The van der Waals surface area contributed by atoms with Crippen molar-refractivity contribution >= 4 is 17.5 Å². The number of nitrogens with one attached hydrogen (secondary N) is 1. The lowest BCUT2D eigenvalue weighted by molar-refractivity contribution is 1.40. The normalized spacial score (nSPS) is 15.4. The van der Waals surface area contributed by atoms with Crippen molar-refractivity contribution in [3.8, 4) is 0 Å². The van der Waals surface area contributed by atoms with Crippen molar-refractivity contribution < 1.29 is 0 Å². The van der Waals surface area contributed by atoms with E-state index in [1.54, 1.807) is 11.8 Å². The standard InChI is InChI=1S/C8H7NS/c9-7-5-10-8-4-2-1-3-6(7)8/h1-4,9H,5H2. The fourth-order valence-corrected chi connectivity index (χ4v) is 2.05. The van der Waals surface area contributed by atoms with Crippen LogP contribution >= 0.6 is 11.8 Å². The van der Waals surface area contributed by atoms with Crippen molar-refractivity contribution in [2.45, 2.75) is 4.90 Å². The molecule has 1 N–H and O–H groups in total. The molecule has 0 spiro atoms. The topological polar surface area (TPSA) is 23.9 Å². The van der Waals surface area contributed by atoms with Crippen molar-refractivity contribution in [2.24, 2.45) is 0 Å². The Kier molecular flexibility index (Phi) is 1.27. The van der Waals surface area contributed by atoms with Gasteiger partial charge in [0.2, 0.25) is 0 Å². The Morgan fingerprint density at radius 1 is 1.30 bits per heavy atom. The Balaban J connectivity index is 2.61. The number of hydrogen-bond donors (Lipinski definition) is 1. The van der Waals surface area contributed by atoms with E-state index in [0.717, 1.165) is 17.0 Å². The van der Waals surface area contributed by atoms with Crippen LogP contribution in [0.2, 0.25) is 0 Å². The Morgan fingerprint density at radius 2 is 2.10 bits per heavy atom. The van der Waals surface area contributed by atoms with E-state index in [-0.39, 0.29) is 0 Å². The Labute approximate surface area is 64.0 Å². The molecule has 0 bridgehead atoms. The van der Waals surface area contributed by atoms with Gasteiger partial charge >= 0.3 is 0 Å². The highest BCUT2D eigenvalue weighted by molar-refractivity contribution is 8.00. The molecule has 50 valence electrons. The summed E-state index contributed by atoms with van der Waals surface area (Å²) in [6.45, 7) is 0. The predicted octanol–water partition coefficient (Wildman–Crippen LogP) is 2.16. The zero-order valence-electron chi connectivity index (χ0n) is 5.42. The highest BCUT2D eigenvalue weighted by Crippen LogP contribution is 2.30. The second-order valence-electron chi connectivity index (χ2n) is 2.26. The van der Waals surface area contributed by atoms with Crippen LogP contribution in [-0.2, 0) is 0 Å². The number of benzene rings is 1. The van der Waals surface area contributed by atoms with E-state index in [4.69, 9.17) is 5.41 Å². The van der Waals surface area contributed by atoms with Crippen molar-refractivity contribution in [1.29, 1.82) is 5.41 Å². The molecular weight excluding hydrogens is 142 g/mol. The quantitative estimate of drug-likeness (QED) is 0.600. The first-order chi connectivity index (χ1) is 4.88. The molecule has 0 fully saturated rings. The fraction of sp³-hybridized carbons (Fsp3) is 0.125. The van der Waals surface area contributed by atoms with Crippen molar-refractivity contribution in [1.82, 2.24) is 0 Å². The van der Waals surface area contributed by atoms with Gasteiger partial charge in [0, 0.05) is 21.9 Å². The lowest BCUT2D eigenvalue weighted by Crippen LogP contribution is -1.93. The molecule has 0 amide bonds. The molecule has 1 aromatic rings. The summed E-state index contributed by atoms with van der Waals surface area (Å²) < 4.78 is 0. The van der Waals surface area contributed by atoms with Gasteiger partial charge < -0.3 is 5.41 Å². The maximum Gasteiger partial charge on any atom is 0.0500 e. The molecule has 2 rings (SSSR count). The van der Waals surface area contributed by atoms with Gasteiger partial charge in [0.25, 0.3) is 0 Å². The first-order valence-corrected chi connectivity index (χ1v) is 4.16. The molecule has 0 atom stereocenters. The summed E-state index contributed by atoms with van der Waals surface area (Å²) >= 11 is 1.75. The van der Waals surface area contributed by atoms with Crippen LogP contribution in [0.3, 0.4) is 0 Å². The van der Waals surface area contributed by atoms with Crippen LogP contribution in [0.5, 0.6) is 0 Å². The minimum absolute atomic E-state index is 0.764. The Morgan fingerprint density at radius 3 is 2.90 bits per heavy atom. The third-order valence-electron chi connectivity index (χ3n) is 1.58. The molecule has 1 aliphatic rings. The second-order valence-corrected chi connectivity index (χ2v) is 3.28. The van der Waals surface area contributed by atoms with Crippen molar-refractivity contribution in [3.05, 3.63) is 29.8 Å². The van der Waals surface area contributed by atoms with Gasteiger partial charge in [-0.3, -0.25) is 0 Å². The molecule has 0 unspecified atom stereocenters. The summed E-state index contributed by atoms with van der Waals surface area (Å²) in [5, 5.41) is 7.51. The number of hydrogen-bond acceptors (Lipinski definition) is 2. The summed E-state index contributed by atoms with van der Waals surface area (Å²) in [6, 6.07) is 8.09. The molecule has 10 heavy (non-hydrogen) atoms. The Hall–Kier alpha value is -0.760. The fourth-order valence-electron chi connectivity index (χ4n) is 1.07. The molecule has 1 nitrogen and oxygen atoms in total. The van der Waals surface area contributed by atoms with E-state index >= 15 is 0 Å². The second kappa shape index (κ2) is 2.13. The van der Waals surface area contributed by atoms with Crippen molar-refractivity contribution in [2.75, 3.05) is 5.75 Å². The van der Waals surface area contributed by atoms with Gasteiger partial charge in [-0.1, -0.05) is 18.2 Å². The minimum atomic E-state index is 0.764. The molecule has 1 aromatic carbocycles. The van der Waals surface area contributed by atoms with Gasteiger partial charge in [-0.05, 0) is 6.07 Å². The van der Waals surface area contributed by atoms with Crippen LogP contribution in [0, 0.1) is 5.41 Å². The lowest BCUT2D eigenvalue weighted by Gasteiger charge is -1.92. The number of fused-ring (bicyclic) bond motifs is 1.